The maximum Gasteiger partial charge on any atom is 0.264 e. The molecule has 0 bridgehead atoms. The van der Waals surface area contributed by atoms with Crippen LogP contribution in [0, 0.1) is 5.82 Å². The van der Waals surface area contributed by atoms with Crippen LogP contribution in [0.1, 0.15) is 25.8 Å². The number of anilines is 1. The topological polar surface area (TPSA) is 86.8 Å². The Morgan fingerprint density at radius 3 is 2.14 bits per heavy atom. The van der Waals surface area contributed by atoms with Gasteiger partial charge < -0.3 is 10.2 Å². The Bertz CT molecular complexity index is 1300. The van der Waals surface area contributed by atoms with Crippen molar-refractivity contribution in [1.29, 1.82) is 0 Å². The van der Waals surface area contributed by atoms with E-state index < -0.39 is 34.3 Å². The number of carbonyl (C=O) groups excluding carboxylic acids is 2. The molecule has 196 valence electrons. The van der Waals surface area contributed by atoms with Crippen molar-refractivity contribution in [1.82, 2.24) is 10.2 Å². The first-order valence-corrected chi connectivity index (χ1v) is 14.1. The lowest BCUT2D eigenvalue weighted by molar-refractivity contribution is -0.140. The quantitative estimate of drug-likeness (QED) is 0.350. The Morgan fingerprint density at radius 2 is 1.57 bits per heavy atom. The van der Waals surface area contributed by atoms with Crippen molar-refractivity contribution >= 4 is 43.5 Å². The standard InChI is InChI=1S/C27H29BrFN3O4S/c1-3-25(27(34)30-4-2)31(18-20-10-14-22(29)15-11-20)26(33)19-32(23-16-12-21(28)13-17-23)37(35,36)24-8-6-5-7-9-24/h5-17,25H,3-4,18-19H2,1-2H3,(H,30,34)/t25-/m1/s1. The van der Waals surface area contributed by atoms with E-state index >= 15 is 0 Å². The summed E-state index contributed by atoms with van der Waals surface area (Å²) in [5, 5.41) is 2.74. The molecule has 2 amide bonds. The Balaban J connectivity index is 2.03. The number of amides is 2. The second-order valence-corrected chi connectivity index (χ2v) is 11.0. The highest BCUT2D eigenvalue weighted by molar-refractivity contribution is 9.10. The summed E-state index contributed by atoms with van der Waals surface area (Å²) < 4.78 is 42.6. The number of sulfonamides is 1. The molecule has 0 radical (unpaired) electrons. The molecule has 0 saturated heterocycles. The van der Waals surface area contributed by atoms with Crippen molar-refractivity contribution in [2.45, 2.75) is 37.8 Å². The summed E-state index contributed by atoms with van der Waals surface area (Å²) in [7, 11) is -4.12. The Morgan fingerprint density at radius 1 is 0.946 bits per heavy atom. The van der Waals surface area contributed by atoms with Gasteiger partial charge in [-0.25, -0.2) is 12.8 Å². The number of rotatable bonds is 11. The largest absolute Gasteiger partial charge is 0.355 e. The molecule has 0 fully saturated rings. The maximum atomic E-state index is 13.8. The normalized spacial score (nSPS) is 12.0. The lowest BCUT2D eigenvalue weighted by Crippen LogP contribution is -2.52. The molecular weight excluding hydrogens is 561 g/mol. The summed E-state index contributed by atoms with van der Waals surface area (Å²) in [6.07, 6.45) is 0.308. The SMILES string of the molecule is CCNC(=O)[C@@H](CC)N(Cc1ccc(F)cc1)C(=O)CN(c1ccc(Br)cc1)S(=O)(=O)c1ccccc1. The van der Waals surface area contributed by atoms with Crippen molar-refractivity contribution in [2.75, 3.05) is 17.4 Å². The monoisotopic (exact) mass is 589 g/mol. The van der Waals surface area contributed by atoms with E-state index in [0.29, 0.717) is 24.2 Å². The molecule has 0 unspecified atom stereocenters. The highest BCUT2D eigenvalue weighted by atomic mass is 79.9. The molecule has 37 heavy (non-hydrogen) atoms. The van der Waals surface area contributed by atoms with Crippen LogP contribution in [0.3, 0.4) is 0 Å². The molecule has 0 spiro atoms. The summed E-state index contributed by atoms with van der Waals surface area (Å²) in [5.41, 5.74) is 0.909. The number of halogens is 2. The molecule has 0 saturated carbocycles. The van der Waals surface area contributed by atoms with E-state index in [0.717, 1.165) is 8.78 Å². The minimum absolute atomic E-state index is 0.00825. The van der Waals surface area contributed by atoms with E-state index in [-0.39, 0.29) is 17.3 Å². The number of benzene rings is 3. The Hall–Kier alpha value is -3.24. The van der Waals surface area contributed by atoms with Gasteiger partial charge in [-0.3, -0.25) is 13.9 Å². The van der Waals surface area contributed by atoms with Crippen LogP contribution in [0.5, 0.6) is 0 Å². The molecule has 0 aliphatic carbocycles. The fourth-order valence-electron chi connectivity index (χ4n) is 3.85. The first-order valence-electron chi connectivity index (χ1n) is 11.8. The molecule has 1 atom stereocenters. The van der Waals surface area contributed by atoms with Crippen LogP contribution in [0.15, 0.2) is 88.2 Å². The van der Waals surface area contributed by atoms with Gasteiger partial charge in [-0.1, -0.05) is 53.2 Å². The lowest BCUT2D eigenvalue weighted by atomic mass is 10.1. The average molecular weight is 591 g/mol. The average Bonchev–Trinajstić information content (AvgIpc) is 2.89. The first-order chi connectivity index (χ1) is 17.7. The molecule has 0 aliphatic heterocycles. The number of likely N-dealkylation sites (N-methyl/N-ethyl adjacent to an activating group) is 1. The number of nitrogens with zero attached hydrogens (tertiary/aromatic N) is 2. The third kappa shape index (κ3) is 7.17. The molecule has 3 rings (SSSR count). The number of carbonyl (C=O) groups is 2. The molecule has 1 N–H and O–H groups in total. The Labute approximate surface area is 225 Å². The minimum Gasteiger partial charge on any atom is -0.355 e. The summed E-state index contributed by atoms with van der Waals surface area (Å²) in [6, 6.07) is 19.2. The van der Waals surface area contributed by atoms with Crippen LogP contribution in [0.2, 0.25) is 0 Å². The van der Waals surface area contributed by atoms with Gasteiger partial charge in [-0.15, -0.1) is 0 Å². The smallest absolute Gasteiger partial charge is 0.264 e. The zero-order chi connectivity index (χ0) is 27.0. The van der Waals surface area contributed by atoms with Crippen LogP contribution < -0.4 is 9.62 Å². The molecule has 3 aromatic carbocycles. The van der Waals surface area contributed by atoms with Crippen molar-refractivity contribution in [3.8, 4) is 0 Å². The van der Waals surface area contributed by atoms with Crippen LogP contribution in [0.25, 0.3) is 0 Å². The van der Waals surface area contributed by atoms with E-state index in [2.05, 4.69) is 21.2 Å². The highest BCUT2D eigenvalue weighted by Gasteiger charge is 2.33. The molecule has 7 nitrogen and oxygen atoms in total. The van der Waals surface area contributed by atoms with Gasteiger partial charge in [-0.2, -0.15) is 0 Å². The predicted molar refractivity (Wildman–Crippen MR) is 145 cm³/mol. The van der Waals surface area contributed by atoms with Gasteiger partial charge in [0.05, 0.1) is 10.6 Å². The molecule has 0 heterocycles. The number of nitrogens with one attached hydrogen (secondary N) is 1. The molecule has 10 heteroatoms. The zero-order valence-electron chi connectivity index (χ0n) is 20.6. The van der Waals surface area contributed by atoms with Crippen LogP contribution in [-0.4, -0.2) is 44.3 Å². The molecule has 0 aliphatic rings. The maximum absolute atomic E-state index is 13.8. The fourth-order valence-corrected chi connectivity index (χ4v) is 5.55. The van der Waals surface area contributed by atoms with Crippen molar-refractivity contribution < 1.29 is 22.4 Å². The van der Waals surface area contributed by atoms with Crippen molar-refractivity contribution in [3.63, 3.8) is 0 Å². The predicted octanol–water partition coefficient (Wildman–Crippen LogP) is 4.73. The summed E-state index contributed by atoms with van der Waals surface area (Å²) >= 11 is 3.35. The van der Waals surface area contributed by atoms with E-state index in [1.165, 1.54) is 41.3 Å². The number of hydrogen-bond acceptors (Lipinski definition) is 4. The van der Waals surface area contributed by atoms with E-state index in [1.807, 2.05) is 0 Å². The minimum atomic E-state index is -4.12. The van der Waals surface area contributed by atoms with Crippen LogP contribution in [-0.2, 0) is 26.2 Å². The number of hydrogen-bond donors (Lipinski definition) is 1. The first kappa shape index (κ1) is 28.3. The third-order valence-electron chi connectivity index (χ3n) is 5.73. The van der Waals surface area contributed by atoms with Gasteiger partial charge in [-0.05, 0) is 67.4 Å². The second kappa shape index (κ2) is 12.8. The van der Waals surface area contributed by atoms with Crippen molar-refractivity contribution in [3.05, 3.63) is 94.7 Å². The van der Waals surface area contributed by atoms with Crippen molar-refractivity contribution in [2.24, 2.45) is 0 Å². The van der Waals surface area contributed by atoms with Crippen LogP contribution in [0.4, 0.5) is 10.1 Å². The zero-order valence-corrected chi connectivity index (χ0v) is 23.0. The third-order valence-corrected chi connectivity index (χ3v) is 8.04. The van der Waals surface area contributed by atoms with E-state index in [4.69, 9.17) is 0 Å². The van der Waals surface area contributed by atoms with Gasteiger partial charge in [0.1, 0.15) is 18.4 Å². The second-order valence-electron chi connectivity index (χ2n) is 8.27. The van der Waals surface area contributed by atoms with Crippen LogP contribution >= 0.6 is 15.9 Å². The highest BCUT2D eigenvalue weighted by Crippen LogP contribution is 2.26. The summed E-state index contributed by atoms with van der Waals surface area (Å²) in [5.74, 6) is -1.33. The summed E-state index contributed by atoms with van der Waals surface area (Å²) in [6.45, 7) is 3.40. The van der Waals surface area contributed by atoms with Gasteiger partial charge in [0, 0.05) is 17.6 Å². The van der Waals surface area contributed by atoms with Gasteiger partial charge in [0.2, 0.25) is 11.8 Å². The van der Waals surface area contributed by atoms with E-state index in [9.17, 15) is 22.4 Å². The summed E-state index contributed by atoms with van der Waals surface area (Å²) in [4.78, 5) is 28.1. The van der Waals surface area contributed by atoms with Gasteiger partial charge in [0.15, 0.2) is 0 Å². The molecular formula is C27H29BrFN3O4S. The van der Waals surface area contributed by atoms with Gasteiger partial charge >= 0.3 is 0 Å². The molecule has 3 aromatic rings. The fraction of sp³-hybridized carbons (Fsp3) is 0.259. The Kier molecular flexibility index (Phi) is 9.82. The van der Waals surface area contributed by atoms with Gasteiger partial charge in [0.25, 0.3) is 10.0 Å². The molecule has 0 aromatic heterocycles. The van der Waals surface area contributed by atoms with E-state index in [1.54, 1.807) is 56.3 Å². The lowest BCUT2D eigenvalue weighted by Gasteiger charge is -2.33.